The lowest BCUT2D eigenvalue weighted by Gasteiger charge is -2.32. The van der Waals surface area contributed by atoms with Crippen LogP contribution in [0.25, 0.3) is 10.9 Å². The van der Waals surface area contributed by atoms with E-state index in [-0.39, 0.29) is 17.5 Å². The minimum absolute atomic E-state index is 0.0427. The number of halogens is 3. The van der Waals surface area contributed by atoms with E-state index in [2.05, 4.69) is 15.3 Å². The lowest BCUT2D eigenvalue weighted by molar-refractivity contribution is -0.137. The van der Waals surface area contributed by atoms with Gasteiger partial charge in [-0.05, 0) is 68.0 Å². The lowest BCUT2D eigenvalue weighted by atomic mass is 9.88. The van der Waals surface area contributed by atoms with E-state index < -0.39 is 17.8 Å². The molecule has 4 rings (SSSR count). The molecule has 2 aromatic carbocycles. The highest BCUT2D eigenvalue weighted by Crippen LogP contribution is 2.39. The summed E-state index contributed by atoms with van der Waals surface area (Å²) < 4.78 is 45.7. The molecule has 0 aliphatic carbocycles. The topological polar surface area (TPSA) is 93.4 Å². The van der Waals surface area contributed by atoms with Gasteiger partial charge in [-0.15, -0.1) is 0 Å². The first-order valence-electron chi connectivity index (χ1n) is 11.8. The predicted octanol–water partition coefficient (Wildman–Crippen LogP) is 5.45. The minimum atomic E-state index is -4.49. The summed E-state index contributed by atoms with van der Waals surface area (Å²) in [6.45, 7) is 6.44. The highest BCUT2D eigenvalue weighted by atomic mass is 19.4. The number of rotatable bonds is 5. The van der Waals surface area contributed by atoms with E-state index in [1.54, 1.807) is 27.9 Å². The molecule has 1 fully saturated rings. The second kappa shape index (κ2) is 9.83. The van der Waals surface area contributed by atoms with Crippen LogP contribution in [0.5, 0.6) is 5.75 Å². The highest BCUT2D eigenvalue weighted by molar-refractivity contribution is 5.91. The van der Waals surface area contributed by atoms with E-state index in [9.17, 15) is 18.0 Å². The Balaban J connectivity index is 1.71. The third-order valence-electron chi connectivity index (χ3n) is 6.70. The number of carbonyl (C=O) groups is 1. The summed E-state index contributed by atoms with van der Waals surface area (Å²) >= 11 is 0. The van der Waals surface area contributed by atoms with Crippen LogP contribution in [-0.2, 0) is 11.0 Å². The number of benzene rings is 2. The van der Waals surface area contributed by atoms with Gasteiger partial charge in [0, 0.05) is 37.2 Å². The predicted molar refractivity (Wildman–Crippen MR) is 133 cm³/mol. The molecule has 10 heteroatoms. The molecule has 192 valence electrons. The summed E-state index contributed by atoms with van der Waals surface area (Å²) in [6.07, 6.45) is -2.89. The molecule has 0 unspecified atom stereocenters. The second-order valence-electron chi connectivity index (χ2n) is 9.26. The van der Waals surface area contributed by atoms with Gasteiger partial charge in [0.25, 0.3) is 0 Å². The van der Waals surface area contributed by atoms with Gasteiger partial charge in [0.1, 0.15) is 17.4 Å². The van der Waals surface area contributed by atoms with E-state index in [1.165, 1.54) is 6.07 Å². The number of nitrogen functional groups attached to an aromatic ring is 1. The average Bonchev–Trinajstić information content (AvgIpc) is 2.82. The largest absolute Gasteiger partial charge is 0.496 e. The van der Waals surface area contributed by atoms with Gasteiger partial charge in [-0.3, -0.25) is 4.79 Å². The van der Waals surface area contributed by atoms with Crippen LogP contribution in [-0.4, -0.2) is 41.0 Å². The molecule has 0 saturated carbocycles. The Labute approximate surface area is 207 Å². The van der Waals surface area contributed by atoms with Crippen molar-refractivity contribution in [2.75, 3.05) is 31.2 Å². The maximum absolute atomic E-state index is 13.3. The van der Waals surface area contributed by atoms with Crippen molar-refractivity contribution in [3.05, 3.63) is 52.8 Å². The van der Waals surface area contributed by atoms with Crippen LogP contribution in [0, 0.1) is 6.92 Å². The first-order valence-corrected chi connectivity index (χ1v) is 11.8. The number of piperidine rings is 1. The van der Waals surface area contributed by atoms with Crippen LogP contribution in [0.15, 0.2) is 30.3 Å². The number of ether oxygens (including phenoxy) is 1. The van der Waals surface area contributed by atoms with Crippen molar-refractivity contribution in [3.8, 4) is 5.75 Å². The standard InChI is InChI=1S/C26H30F3N5O2/c1-14(18-9-19(26(27,28)29)11-20(30)10-18)31-25-22-12-21(17-5-7-34(8-6-17)16(3)35)24(36-4)13-23(22)32-15(2)33-25/h9-14,17H,5-8,30H2,1-4H3,(H,31,32,33)/t14-/m0/s1. The third kappa shape index (κ3) is 5.32. The summed E-state index contributed by atoms with van der Waals surface area (Å²) in [7, 11) is 1.61. The first-order chi connectivity index (χ1) is 17.0. The molecule has 0 spiro atoms. The SMILES string of the molecule is COc1cc2nc(C)nc(N[C@@H](C)c3cc(N)cc(C(F)(F)F)c3)c2cc1C1CCN(C(C)=O)CC1. The van der Waals surface area contributed by atoms with Crippen molar-refractivity contribution in [2.24, 2.45) is 0 Å². The van der Waals surface area contributed by atoms with Crippen molar-refractivity contribution in [1.82, 2.24) is 14.9 Å². The number of amides is 1. The van der Waals surface area contributed by atoms with Crippen LogP contribution < -0.4 is 15.8 Å². The number of aromatic nitrogens is 2. The fraction of sp³-hybridized carbons (Fsp3) is 0.423. The number of alkyl halides is 3. The molecule has 1 aromatic heterocycles. The molecule has 1 atom stereocenters. The molecule has 7 nitrogen and oxygen atoms in total. The van der Waals surface area contributed by atoms with Gasteiger partial charge in [0.2, 0.25) is 5.91 Å². The number of nitrogens with one attached hydrogen (secondary N) is 1. The molecule has 1 saturated heterocycles. The highest BCUT2D eigenvalue weighted by Gasteiger charge is 2.31. The van der Waals surface area contributed by atoms with E-state index >= 15 is 0 Å². The molecule has 36 heavy (non-hydrogen) atoms. The minimum Gasteiger partial charge on any atom is -0.496 e. The van der Waals surface area contributed by atoms with E-state index in [0.29, 0.717) is 41.6 Å². The number of fused-ring (bicyclic) bond motifs is 1. The number of aryl methyl sites for hydroxylation is 1. The van der Waals surface area contributed by atoms with Crippen LogP contribution in [0.3, 0.4) is 0 Å². The van der Waals surface area contributed by atoms with Crippen LogP contribution >= 0.6 is 0 Å². The smallest absolute Gasteiger partial charge is 0.416 e. The molecule has 3 N–H and O–H groups in total. The molecule has 0 radical (unpaired) electrons. The van der Waals surface area contributed by atoms with Gasteiger partial charge in [-0.1, -0.05) is 0 Å². The Morgan fingerprint density at radius 1 is 1.17 bits per heavy atom. The summed E-state index contributed by atoms with van der Waals surface area (Å²) in [6, 6.07) is 6.92. The molecule has 3 aromatic rings. The Morgan fingerprint density at radius 2 is 1.86 bits per heavy atom. The zero-order chi connectivity index (χ0) is 26.2. The summed E-state index contributed by atoms with van der Waals surface area (Å²) in [5.41, 5.74) is 7.09. The van der Waals surface area contributed by atoms with Crippen molar-refractivity contribution >= 4 is 28.3 Å². The number of methoxy groups -OCH3 is 1. The number of likely N-dealkylation sites (tertiary alicyclic amines) is 1. The number of anilines is 2. The number of nitrogens with zero attached hydrogens (tertiary/aromatic N) is 3. The summed E-state index contributed by atoms with van der Waals surface area (Å²) in [4.78, 5) is 22.7. The van der Waals surface area contributed by atoms with Gasteiger partial charge in [0.05, 0.1) is 24.2 Å². The molecule has 2 heterocycles. The number of carbonyl (C=O) groups excluding carboxylic acids is 1. The normalized spacial score (nSPS) is 15.7. The quantitative estimate of drug-likeness (QED) is 0.452. The number of hydrogen-bond acceptors (Lipinski definition) is 6. The Bertz CT molecular complexity index is 1290. The Kier molecular flexibility index (Phi) is 6.97. The van der Waals surface area contributed by atoms with E-state index in [4.69, 9.17) is 10.5 Å². The summed E-state index contributed by atoms with van der Waals surface area (Å²) in [5.74, 6) is 2.01. The Morgan fingerprint density at radius 3 is 2.47 bits per heavy atom. The van der Waals surface area contributed by atoms with Crippen LogP contribution in [0.4, 0.5) is 24.7 Å². The number of hydrogen-bond donors (Lipinski definition) is 2. The molecule has 1 aliphatic heterocycles. The van der Waals surface area contributed by atoms with Crippen molar-refractivity contribution in [1.29, 1.82) is 0 Å². The summed E-state index contributed by atoms with van der Waals surface area (Å²) in [5, 5.41) is 4.02. The van der Waals surface area contributed by atoms with Gasteiger partial charge in [-0.2, -0.15) is 13.2 Å². The fourth-order valence-electron chi connectivity index (χ4n) is 4.78. The van der Waals surface area contributed by atoms with Crippen molar-refractivity contribution < 1.29 is 22.7 Å². The Hall–Kier alpha value is -3.56. The molecular weight excluding hydrogens is 471 g/mol. The number of nitrogens with two attached hydrogens (primary N) is 1. The average molecular weight is 502 g/mol. The van der Waals surface area contributed by atoms with Crippen LogP contribution in [0.2, 0.25) is 0 Å². The lowest BCUT2D eigenvalue weighted by Crippen LogP contribution is -2.36. The fourth-order valence-corrected chi connectivity index (χ4v) is 4.78. The van der Waals surface area contributed by atoms with E-state index in [0.717, 1.165) is 35.9 Å². The zero-order valence-corrected chi connectivity index (χ0v) is 20.7. The van der Waals surface area contributed by atoms with Crippen molar-refractivity contribution in [2.45, 2.75) is 51.7 Å². The molecular formula is C26H30F3N5O2. The monoisotopic (exact) mass is 501 g/mol. The van der Waals surface area contributed by atoms with Gasteiger partial charge < -0.3 is 20.7 Å². The third-order valence-corrected chi connectivity index (χ3v) is 6.70. The zero-order valence-electron chi connectivity index (χ0n) is 20.7. The maximum Gasteiger partial charge on any atom is 0.416 e. The molecule has 1 amide bonds. The van der Waals surface area contributed by atoms with Crippen LogP contribution in [0.1, 0.15) is 61.2 Å². The maximum atomic E-state index is 13.3. The van der Waals surface area contributed by atoms with E-state index in [1.807, 2.05) is 17.0 Å². The van der Waals surface area contributed by atoms with Crippen molar-refractivity contribution in [3.63, 3.8) is 0 Å². The second-order valence-corrected chi connectivity index (χ2v) is 9.26. The molecule has 0 bridgehead atoms. The van der Waals surface area contributed by atoms with Gasteiger partial charge in [0.15, 0.2) is 0 Å². The molecule has 1 aliphatic rings. The van der Waals surface area contributed by atoms with Gasteiger partial charge in [-0.25, -0.2) is 9.97 Å². The van der Waals surface area contributed by atoms with Gasteiger partial charge >= 0.3 is 6.18 Å². The first kappa shape index (κ1) is 25.5.